The fourth-order valence-corrected chi connectivity index (χ4v) is 1.94. The number of rotatable bonds is 6. The van der Waals surface area contributed by atoms with Crippen LogP contribution >= 0.6 is 0 Å². The number of aliphatic hydroxyl groups excluding tert-OH is 1. The first kappa shape index (κ1) is 11.1. The van der Waals surface area contributed by atoms with Gasteiger partial charge in [0.1, 0.15) is 0 Å². The molecule has 0 spiro atoms. The molecule has 0 aliphatic rings. The van der Waals surface area contributed by atoms with E-state index in [9.17, 15) is 4.21 Å². The summed E-state index contributed by atoms with van der Waals surface area (Å²) in [6.45, 7) is 0.288. The normalized spacial score (nSPS) is 13.4. The zero-order valence-corrected chi connectivity index (χ0v) is 8.44. The van der Waals surface area contributed by atoms with Gasteiger partial charge in [-0.2, -0.15) is 0 Å². The van der Waals surface area contributed by atoms with E-state index in [1.165, 1.54) is 0 Å². The lowest BCUT2D eigenvalue weighted by Crippen LogP contribution is -2.11. The number of unbranched alkanes of at least 4 members (excludes halogenated alkanes) is 3. The van der Waals surface area contributed by atoms with Crippen molar-refractivity contribution in [3.8, 4) is 0 Å². The number of hydrogen-bond acceptors (Lipinski definition) is 2. The monoisotopic (exact) mass is 180 g/mol. The van der Waals surface area contributed by atoms with E-state index in [1.807, 2.05) is 12.5 Å². The fraction of sp³-hybridized carbons (Fsp3) is 1.00. The van der Waals surface area contributed by atoms with Crippen LogP contribution in [-0.2, 0) is 9.93 Å². The Morgan fingerprint density at radius 2 is 1.64 bits per heavy atom. The average molecular weight is 180 g/mol. The predicted molar refractivity (Wildman–Crippen MR) is 51.8 cm³/mol. The summed E-state index contributed by atoms with van der Waals surface area (Å²) in [5.41, 5.74) is 0. The number of aliphatic hydroxyl groups is 1. The molecule has 70 valence electrons. The van der Waals surface area contributed by atoms with Gasteiger partial charge in [-0.25, -0.2) is 0 Å². The molecule has 0 heterocycles. The SMILES string of the molecule is C[SH](C)(=O)CCCCCCO. The third-order valence-corrected chi connectivity index (χ3v) is 3.00. The molecule has 2 nitrogen and oxygen atoms in total. The van der Waals surface area contributed by atoms with Crippen molar-refractivity contribution in [2.45, 2.75) is 25.7 Å². The molecule has 0 unspecified atom stereocenters. The lowest BCUT2D eigenvalue weighted by atomic mass is 10.2. The van der Waals surface area contributed by atoms with Crippen LogP contribution in [0, 0.1) is 0 Å². The summed E-state index contributed by atoms with van der Waals surface area (Å²) in [6, 6.07) is 0. The Balaban J connectivity index is 3.09. The van der Waals surface area contributed by atoms with Gasteiger partial charge in [0.25, 0.3) is 0 Å². The summed E-state index contributed by atoms with van der Waals surface area (Å²) in [5, 5.41) is 8.47. The van der Waals surface area contributed by atoms with E-state index >= 15 is 0 Å². The van der Waals surface area contributed by atoms with Crippen LogP contribution in [-0.4, -0.2) is 34.2 Å². The minimum atomic E-state index is -1.78. The maximum absolute atomic E-state index is 11.2. The third kappa shape index (κ3) is 10.1. The first-order valence-electron chi connectivity index (χ1n) is 4.21. The van der Waals surface area contributed by atoms with Crippen molar-refractivity contribution in [3.05, 3.63) is 0 Å². The molecule has 0 saturated carbocycles. The summed E-state index contributed by atoms with van der Waals surface area (Å²) in [7, 11) is -1.78. The topological polar surface area (TPSA) is 37.3 Å². The van der Waals surface area contributed by atoms with Crippen LogP contribution in [0.15, 0.2) is 0 Å². The predicted octanol–water partition coefficient (Wildman–Crippen LogP) is 0.815. The fourth-order valence-electron chi connectivity index (χ4n) is 0.958. The van der Waals surface area contributed by atoms with Crippen LogP contribution in [0.5, 0.6) is 0 Å². The van der Waals surface area contributed by atoms with Crippen molar-refractivity contribution in [3.63, 3.8) is 0 Å². The number of thiol groups is 1. The van der Waals surface area contributed by atoms with Crippen LogP contribution in [0.3, 0.4) is 0 Å². The molecule has 0 radical (unpaired) electrons. The summed E-state index contributed by atoms with van der Waals surface area (Å²) >= 11 is 0. The van der Waals surface area contributed by atoms with E-state index in [4.69, 9.17) is 5.11 Å². The van der Waals surface area contributed by atoms with E-state index in [0.717, 1.165) is 31.4 Å². The maximum atomic E-state index is 11.2. The first-order valence-corrected chi connectivity index (χ1v) is 7.00. The smallest absolute Gasteiger partial charge is 0.0431 e. The lowest BCUT2D eigenvalue weighted by Gasteiger charge is -2.10. The quantitative estimate of drug-likeness (QED) is 0.469. The van der Waals surface area contributed by atoms with Crippen molar-refractivity contribution in [2.24, 2.45) is 0 Å². The van der Waals surface area contributed by atoms with E-state index in [-0.39, 0.29) is 6.61 Å². The molecular weight excluding hydrogens is 160 g/mol. The minimum Gasteiger partial charge on any atom is -0.396 e. The summed E-state index contributed by atoms with van der Waals surface area (Å²) in [6.07, 6.45) is 7.77. The summed E-state index contributed by atoms with van der Waals surface area (Å²) in [5.74, 6) is 0.860. The van der Waals surface area contributed by atoms with Crippen LogP contribution in [0.1, 0.15) is 25.7 Å². The van der Waals surface area contributed by atoms with Gasteiger partial charge >= 0.3 is 0 Å². The molecule has 3 heteroatoms. The standard InChI is InChI=1S/C8H20O2S/c1-11(2,10)8-6-4-3-5-7-9/h9,11H,3-8H2,1-2H3. The second kappa shape index (κ2) is 5.72. The highest BCUT2D eigenvalue weighted by Crippen LogP contribution is 2.03. The molecular formula is C8H20O2S. The molecule has 0 aromatic heterocycles. The largest absolute Gasteiger partial charge is 0.396 e. The Kier molecular flexibility index (Phi) is 5.78. The van der Waals surface area contributed by atoms with Crippen molar-refractivity contribution in [2.75, 3.05) is 24.9 Å². The van der Waals surface area contributed by atoms with Crippen molar-refractivity contribution < 1.29 is 9.32 Å². The van der Waals surface area contributed by atoms with Gasteiger partial charge in [0, 0.05) is 12.4 Å². The van der Waals surface area contributed by atoms with Gasteiger partial charge in [0.05, 0.1) is 0 Å². The Labute approximate surface area is 70.4 Å². The molecule has 0 amide bonds. The zero-order valence-electron chi connectivity index (χ0n) is 7.55. The third-order valence-electron chi connectivity index (χ3n) is 1.60. The van der Waals surface area contributed by atoms with Crippen LogP contribution < -0.4 is 0 Å². The Hall–Kier alpha value is 0.110. The van der Waals surface area contributed by atoms with Crippen molar-refractivity contribution in [1.82, 2.24) is 0 Å². The maximum Gasteiger partial charge on any atom is 0.0431 e. The molecule has 0 aliphatic heterocycles. The van der Waals surface area contributed by atoms with Gasteiger partial charge in [0.2, 0.25) is 0 Å². The van der Waals surface area contributed by atoms with Gasteiger partial charge in [-0.05, 0) is 25.4 Å². The molecule has 0 bridgehead atoms. The molecule has 0 fully saturated rings. The zero-order chi connectivity index (χ0) is 8.74. The van der Waals surface area contributed by atoms with E-state index in [0.29, 0.717) is 0 Å². The van der Waals surface area contributed by atoms with Crippen LogP contribution in [0.4, 0.5) is 0 Å². The minimum absolute atomic E-state index is 0.288. The van der Waals surface area contributed by atoms with Gasteiger partial charge in [-0.3, -0.25) is 4.21 Å². The highest BCUT2D eigenvalue weighted by Gasteiger charge is 1.98. The van der Waals surface area contributed by atoms with Gasteiger partial charge < -0.3 is 5.11 Å². The second-order valence-corrected chi connectivity index (χ2v) is 7.03. The number of hydrogen-bond donors (Lipinski definition) is 2. The van der Waals surface area contributed by atoms with Gasteiger partial charge in [-0.1, -0.05) is 12.8 Å². The molecule has 1 N–H and O–H groups in total. The average Bonchev–Trinajstić information content (AvgIpc) is 1.85. The summed E-state index contributed by atoms with van der Waals surface area (Å²) < 4.78 is 11.2. The Morgan fingerprint density at radius 1 is 1.09 bits per heavy atom. The van der Waals surface area contributed by atoms with E-state index in [2.05, 4.69) is 0 Å². The molecule has 0 aromatic carbocycles. The Bertz CT molecular complexity index is 128. The van der Waals surface area contributed by atoms with E-state index in [1.54, 1.807) is 0 Å². The van der Waals surface area contributed by atoms with Gasteiger partial charge in [0.15, 0.2) is 0 Å². The lowest BCUT2D eigenvalue weighted by molar-refractivity contribution is 0.283. The van der Waals surface area contributed by atoms with Crippen LogP contribution in [0.2, 0.25) is 0 Å². The molecule has 0 atom stereocenters. The molecule has 0 saturated heterocycles. The molecule has 0 aliphatic carbocycles. The molecule has 0 aromatic rings. The van der Waals surface area contributed by atoms with Crippen LogP contribution in [0.25, 0.3) is 0 Å². The van der Waals surface area contributed by atoms with Crippen molar-refractivity contribution >= 4 is 9.93 Å². The Morgan fingerprint density at radius 3 is 2.09 bits per heavy atom. The van der Waals surface area contributed by atoms with Gasteiger partial charge in [-0.15, -0.1) is 9.93 Å². The second-order valence-electron chi connectivity index (χ2n) is 3.44. The van der Waals surface area contributed by atoms with Crippen molar-refractivity contribution in [1.29, 1.82) is 0 Å². The molecule has 0 rings (SSSR count). The molecule has 11 heavy (non-hydrogen) atoms. The highest BCUT2D eigenvalue weighted by atomic mass is 32.2. The first-order chi connectivity index (χ1) is 5.06. The summed E-state index contributed by atoms with van der Waals surface area (Å²) in [4.78, 5) is 0. The highest BCUT2D eigenvalue weighted by molar-refractivity contribution is 8.01. The van der Waals surface area contributed by atoms with E-state index < -0.39 is 9.93 Å².